The van der Waals surface area contributed by atoms with Crippen LogP contribution in [0.3, 0.4) is 0 Å². The SMILES string of the molecule is C.CCC(CC(=O)O)N1CCc2cc(OCc3ccc(C(=N)N)cc3)ccc2C1=O.[3H]F. The molecule has 0 spiro atoms. The van der Waals surface area contributed by atoms with Gasteiger partial charge in [0.2, 0.25) is 0 Å². The maximum absolute atomic E-state index is 12.8. The lowest BCUT2D eigenvalue weighted by molar-refractivity contribution is -0.138. The monoisotopic (exact) mass is 433 g/mol. The van der Waals surface area contributed by atoms with Gasteiger partial charge < -0.3 is 20.5 Å². The molecule has 2 aromatic carbocycles. The van der Waals surface area contributed by atoms with Gasteiger partial charge in [0.1, 0.15) is 18.2 Å². The molecule has 0 aliphatic carbocycles. The van der Waals surface area contributed by atoms with Crippen molar-refractivity contribution in [1.82, 2.24) is 4.90 Å². The number of aliphatic carboxylic acids is 1. The number of carboxylic acids is 1. The zero-order valence-electron chi connectivity index (χ0n) is 17.7. The van der Waals surface area contributed by atoms with E-state index >= 15 is 0 Å². The van der Waals surface area contributed by atoms with E-state index in [-0.39, 0.29) is 31.6 Å². The van der Waals surface area contributed by atoms with E-state index in [0.717, 1.165) is 11.1 Å². The van der Waals surface area contributed by atoms with E-state index < -0.39 is 5.97 Å². The Kier molecular flexibility index (Phi) is 8.54. The van der Waals surface area contributed by atoms with Gasteiger partial charge in [0.15, 0.2) is 0 Å². The van der Waals surface area contributed by atoms with Crippen molar-refractivity contribution >= 4 is 17.7 Å². The summed E-state index contributed by atoms with van der Waals surface area (Å²) >= 11 is 0. The van der Waals surface area contributed by atoms with Crippen LogP contribution in [-0.2, 0) is 17.8 Å². The Morgan fingerprint density at radius 2 is 2.00 bits per heavy atom. The fraction of sp³-hybridized carbons (Fsp3) is 0.348. The first-order chi connectivity index (χ1) is 14.9. The number of nitrogen functional groups attached to an aromatic ring is 1. The number of hydrogen-bond acceptors (Lipinski definition) is 4. The normalized spacial score (nSPS) is 13.5. The Labute approximate surface area is 183 Å². The Morgan fingerprint density at radius 1 is 1.32 bits per heavy atom. The van der Waals surface area contributed by atoms with Crippen LogP contribution in [0.4, 0.5) is 4.72 Å². The van der Waals surface area contributed by atoms with Gasteiger partial charge in [-0.05, 0) is 42.2 Å². The van der Waals surface area contributed by atoms with E-state index in [1.54, 1.807) is 29.2 Å². The quantitative estimate of drug-likeness (QED) is 0.434. The standard InChI is InChI=1S/C22H25N3O4.CH4.FH/c1-2-17(12-20(26)27)25-10-9-16-11-18(7-8-19(16)22(25)28)29-13-14-3-5-15(6-4-14)21(23)24;;/h3-8,11,17H,2,9-10,12-13H2,1H3,(H3,23,24)(H,26,27);1H4;1H/i/hT. The predicted octanol–water partition coefficient (Wildman–Crippen LogP) is 3.59. The minimum atomic E-state index is -0.893. The number of carboxylic acid groups (broad SMARTS) is 1. The molecule has 0 bridgehead atoms. The molecule has 3 rings (SSSR count). The first-order valence-corrected chi connectivity index (χ1v) is 9.61. The van der Waals surface area contributed by atoms with E-state index in [4.69, 9.17) is 25.7 Å². The van der Waals surface area contributed by atoms with Gasteiger partial charge in [0.05, 0.1) is 6.42 Å². The van der Waals surface area contributed by atoms with E-state index in [1.165, 1.54) is 0 Å². The van der Waals surface area contributed by atoms with Crippen LogP contribution in [0.1, 0.15) is 54.2 Å². The summed E-state index contributed by atoms with van der Waals surface area (Å²) in [5.74, 6) is -0.306. The van der Waals surface area contributed by atoms with Gasteiger partial charge in [0.25, 0.3) is 7.36 Å². The zero-order chi connectivity index (χ0) is 23.0. The zero-order valence-corrected chi connectivity index (χ0v) is 16.7. The summed E-state index contributed by atoms with van der Waals surface area (Å²) in [6, 6.07) is 12.4. The molecule has 1 amide bonds. The summed E-state index contributed by atoms with van der Waals surface area (Å²) in [5.41, 5.74) is 8.60. The molecule has 1 heterocycles. The predicted molar refractivity (Wildman–Crippen MR) is 119 cm³/mol. The number of nitrogens with one attached hydrogen (secondary N) is 1. The van der Waals surface area contributed by atoms with Crippen LogP contribution in [0, 0.1) is 5.41 Å². The molecule has 168 valence electrons. The number of carbonyl (C=O) groups is 2. The van der Waals surface area contributed by atoms with Gasteiger partial charge in [0, 0.05) is 23.7 Å². The lowest BCUT2D eigenvalue weighted by Gasteiger charge is -2.34. The second kappa shape index (κ2) is 11.1. The smallest absolute Gasteiger partial charge is 0.305 e. The molecular weight excluding hydrogens is 401 g/mol. The van der Waals surface area contributed by atoms with Crippen molar-refractivity contribution in [2.75, 3.05) is 6.54 Å². The van der Waals surface area contributed by atoms with Crippen LogP contribution < -0.4 is 10.5 Å². The molecule has 7 nitrogen and oxygen atoms in total. The maximum Gasteiger partial charge on any atom is 0.305 e. The van der Waals surface area contributed by atoms with Crippen molar-refractivity contribution in [3.63, 3.8) is 0 Å². The van der Waals surface area contributed by atoms with Gasteiger partial charge >= 0.3 is 5.97 Å². The summed E-state index contributed by atoms with van der Waals surface area (Å²) in [6.45, 7) is 2.78. The van der Waals surface area contributed by atoms with Crippen LogP contribution in [0.2, 0.25) is 0 Å². The lowest BCUT2D eigenvalue weighted by atomic mass is 9.96. The van der Waals surface area contributed by atoms with E-state index in [2.05, 4.69) is 1.45 Å². The van der Waals surface area contributed by atoms with Gasteiger partial charge in [-0.1, -0.05) is 38.6 Å². The molecule has 2 aromatic rings. The number of hydrogen-bond donors (Lipinski definition) is 3. The molecule has 8 heteroatoms. The molecule has 0 radical (unpaired) electrons. The molecule has 0 saturated heterocycles. The van der Waals surface area contributed by atoms with Crippen molar-refractivity contribution < 1.29 is 24.1 Å². The van der Waals surface area contributed by atoms with Crippen molar-refractivity contribution in [2.24, 2.45) is 5.73 Å². The van der Waals surface area contributed by atoms with E-state index in [1.807, 2.05) is 25.1 Å². The van der Waals surface area contributed by atoms with Crippen LogP contribution >= 0.6 is 0 Å². The lowest BCUT2D eigenvalue weighted by Crippen LogP contribution is -2.45. The Balaban J connectivity index is 0.00000166. The summed E-state index contributed by atoms with van der Waals surface area (Å²) < 4.78 is 18.9. The van der Waals surface area contributed by atoms with E-state index in [0.29, 0.717) is 42.9 Å². The van der Waals surface area contributed by atoms with Crippen LogP contribution in [0.25, 0.3) is 0 Å². The number of amides is 1. The van der Waals surface area contributed by atoms with Crippen LogP contribution in [0.15, 0.2) is 42.5 Å². The van der Waals surface area contributed by atoms with Gasteiger partial charge in [-0.15, -0.1) is 0 Å². The molecule has 4 N–H and O–H groups in total. The number of fused-ring (bicyclic) bond motifs is 1. The number of benzene rings is 2. The third-order valence-electron chi connectivity index (χ3n) is 5.18. The number of ether oxygens (including phenoxy) is 1. The third-order valence-corrected chi connectivity index (χ3v) is 5.18. The number of carbonyl (C=O) groups excluding carboxylic acids is 1. The first-order valence-electron chi connectivity index (χ1n) is 9.98. The molecule has 1 unspecified atom stereocenters. The third kappa shape index (κ3) is 6.04. The molecule has 31 heavy (non-hydrogen) atoms. The van der Waals surface area contributed by atoms with Gasteiger partial charge in [-0.3, -0.25) is 19.7 Å². The highest BCUT2D eigenvalue weighted by Crippen LogP contribution is 2.27. The average molecular weight is 434 g/mol. The molecule has 0 fully saturated rings. The number of amidine groups is 1. The van der Waals surface area contributed by atoms with Crippen molar-refractivity contribution in [2.45, 2.75) is 46.3 Å². The minimum absolute atomic E-state index is 0. The summed E-state index contributed by atoms with van der Waals surface area (Å²) in [6.07, 6.45) is 1.24. The molecule has 1 aliphatic heterocycles. The minimum Gasteiger partial charge on any atom is -0.489 e. The molecule has 0 aromatic heterocycles. The van der Waals surface area contributed by atoms with Crippen LogP contribution in [-0.4, -0.2) is 41.8 Å². The molecule has 0 saturated carbocycles. The Bertz CT molecular complexity index is 937. The van der Waals surface area contributed by atoms with Crippen molar-refractivity contribution in [3.8, 4) is 5.75 Å². The van der Waals surface area contributed by atoms with Gasteiger partial charge in [-0.25, -0.2) is 0 Å². The number of nitrogens with two attached hydrogens (primary N) is 1. The van der Waals surface area contributed by atoms with Crippen molar-refractivity contribution in [1.29, 1.82) is 6.86 Å². The van der Waals surface area contributed by atoms with E-state index in [9.17, 15) is 9.59 Å². The van der Waals surface area contributed by atoms with Crippen LogP contribution in [0.5, 0.6) is 5.75 Å². The summed E-state index contributed by atoms with van der Waals surface area (Å²) in [4.78, 5) is 25.6. The topological polar surface area (TPSA) is 117 Å². The fourth-order valence-electron chi connectivity index (χ4n) is 3.54. The maximum atomic E-state index is 12.8. The summed E-state index contributed by atoms with van der Waals surface area (Å²) in [5, 5.41) is 16.5. The highest BCUT2D eigenvalue weighted by molar-refractivity contribution is 5.97. The van der Waals surface area contributed by atoms with Crippen molar-refractivity contribution in [3.05, 3.63) is 64.7 Å². The Hall–Kier alpha value is -3.42. The Morgan fingerprint density at radius 3 is 2.58 bits per heavy atom. The number of halogens is 1. The van der Waals surface area contributed by atoms with Gasteiger partial charge in [-0.2, -0.15) is 0 Å². The highest BCUT2D eigenvalue weighted by atomic mass is 19.0. The summed E-state index contributed by atoms with van der Waals surface area (Å²) in [7, 11) is 0. The average Bonchev–Trinajstić information content (AvgIpc) is 2.78. The number of nitrogens with zero attached hydrogens (tertiary/aromatic N) is 1. The fourth-order valence-corrected chi connectivity index (χ4v) is 3.54. The second-order valence-electron chi connectivity index (χ2n) is 7.13. The second-order valence-corrected chi connectivity index (χ2v) is 7.13. The highest BCUT2D eigenvalue weighted by Gasteiger charge is 2.30. The largest absolute Gasteiger partial charge is 0.489 e. The molecule has 1 atom stereocenters. The molecular formula is C23H30FN3O4. The molecule has 1 aliphatic rings. The first kappa shape index (κ1) is 23.9. The number of rotatable bonds is 8.